The number of anilines is 1. The summed E-state index contributed by atoms with van der Waals surface area (Å²) in [5.41, 5.74) is 2.52. The number of hydrogen-bond donors (Lipinski definition) is 1. The second-order valence-corrected chi connectivity index (χ2v) is 7.10. The molecule has 3 rings (SSSR count). The standard InChI is InChI=1S/C22H28N2O4.2ClH/c1-17-18(15-25)6-5-9-21(17)28-16-19(26)14-23-10-12-24(13-11-23)20-7-3-4-8-22(20)27-2;;/h3-5,7-9,19,26H,6,10-14,16H2,1-2H3;2*1H. The van der Waals surface area contributed by atoms with Crippen LogP contribution in [0.4, 0.5) is 5.69 Å². The summed E-state index contributed by atoms with van der Waals surface area (Å²) in [6, 6.07) is 8.05. The smallest absolute Gasteiger partial charge is 0.142 e. The van der Waals surface area contributed by atoms with Gasteiger partial charge in [-0.25, -0.2) is 4.79 Å². The van der Waals surface area contributed by atoms with Crippen LogP contribution in [0.1, 0.15) is 13.3 Å². The molecule has 30 heavy (non-hydrogen) atoms. The summed E-state index contributed by atoms with van der Waals surface area (Å²) in [7, 11) is 1.69. The van der Waals surface area contributed by atoms with E-state index in [9.17, 15) is 9.90 Å². The van der Waals surface area contributed by atoms with E-state index in [2.05, 4.69) is 15.9 Å². The van der Waals surface area contributed by atoms with E-state index in [0.717, 1.165) is 43.2 Å². The fraction of sp³-hybridized carbons (Fsp3) is 0.455. The van der Waals surface area contributed by atoms with Gasteiger partial charge < -0.3 is 19.5 Å². The minimum atomic E-state index is -0.586. The van der Waals surface area contributed by atoms with Gasteiger partial charge in [0.1, 0.15) is 30.2 Å². The van der Waals surface area contributed by atoms with Gasteiger partial charge in [0, 0.05) is 50.3 Å². The lowest BCUT2D eigenvalue weighted by atomic mass is 10.00. The first-order valence-corrected chi connectivity index (χ1v) is 9.65. The highest BCUT2D eigenvalue weighted by Gasteiger charge is 2.22. The first kappa shape index (κ1) is 26.1. The van der Waals surface area contributed by atoms with E-state index < -0.39 is 6.10 Å². The number of aliphatic hydroxyl groups is 1. The molecule has 6 nitrogen and oxygen atoms in total. The third kappa shape index (κ3) is 6.53. The lowest BCUT2D eigenvalue weighted by Gasteiger charge is -2.37. The van der Waals surface area contributed by atoms with Gasteiger partial charge in [-0.2, -0.15) is 0 Å². The third-order valence-electron chi connectivity index (χ3n) is 5.23. The number of carbonyl (C=O) groups excluding carboxylic acids is 1. The van der Waals surface area contributed by atoms with Gasteiger partial charge in [0.2, 0.25) is 0 Å². The van der Waals surface area contributed by atoms with Gasteiger partial charge in [-0.15, -0.1) is 24.8 Å². The van der Waals surface area contributed by atoms with Crippen molar-refractivity contribution in [3.8, 4) is 5.75 Å². The topological polar surface area (TPSA) is 62.2 Å². The molecule has 1 heterocycles. The van der Waals surface area contributed by atoms with Gasteiger partial charge in [-0.3, -0.25) is 4.90 Å². The van der Waals surface area contributed by atoms with Crippen LogP contribution in [0.2, 0.25) is 0 Å². The number of piperazine rings is 1. The first-order chi connectivity index (χ1) is 13.6. The van der Waals surface area contributed by atoms with Crippen molar-refractivity contribution in [3.05, 3.63) is 53.3 Å². The van der Waals surface area contributed by atoms with Crippen LogP contribution in [-0.2, 0) is 9.53 Å². The van der Waals surface area contributed by atoms with E-state index >= 15 is 0 Å². The second-order valence-electron chi connectivity index (χ2n) is 7.10. The predicted octanol–water partition coefficient (Wildman–Crippen LogP) is 3.03. The van der Waals surface area contributed by atoms with E-state index in [1.54, 1.807) is 7.11 Å². The van der Waals surface area contributed by atoms with E-state index in [0.29, 0.717) is 24.3 Å². The van der Waals surface area contributed by atoms with Crippen LogP contribution in [-0.4, -0.2) is 68.5 Å². The Hall–Kier alpha value is -1.95. The summed E-state index contributed by atoms with van der Waals surface area (Å²) in [6.07, 6.45) is 3.74. The van der Waals surface area contributed by atoms with Gasteiger partial charge in [0.25, 0.3) is 0 Å². The average molecular weight is 457 g/mol. The van der Waals surface area contributed by atoms with Crippen molar-refractivity contribution in [2.45, 2.75) is 19.4 Å². The molecule has 1 atom stereocenters. The number of β-amino-alcohol motifs (C(OH)–C–C–N with tert-alkyl or cyclic N) is 1. The largest absolute Gasteiger partial charge is 0.495 e. The summed E-state index contributed by atoms with van der Waals surface area (Å²) in [5.74, 6) is 3.49. The Labute approximate surface area is 190 Å². The number of rotatable bonds is 7. The van der Waals surface area contributed by atoms with Crippen LogP contribution in [0.5, 0.6) is 5.75 Å². The molecule has 1 aromatic carbocycles. The normalized spacial score (nSPS) is 17.6. The Bertz CT molecular complexity index is 798. The molecule has 1 saturated heterocycles. The highest BCUT2D eigenvalue weighted by molar-refractivity contribution is 5.85. The average Bonchev–Trinajstić information content (AvgIpc) is 2.73. The van der Waals surface area contributed by atoms with Gasteiger partial charge >= 0.3 is 0 Å². The molecule has 0 bridgehead atoms. The fourth-order valence-electron chi connectivity index (χ4n) is 3.58. The highest BCUT2D eigenvalue weighted by Crippen LogP contribution is 2.28. The quantitative estimate of drug-likeness (QED) is 0.636. The molecule has 0 radical (unpaired) electrons. The zero-order chi connectivity index (χ0) is 19.9. The highest BCUT2D eigenvalue weighted by atomic mass is 35.5. The van der Waals surface area contributed by atoms with Gasteiger partial charge in [0.05, 0.1) is 12.8 Å². The summed E-state index contributed by atoms with van der Waals surface area (Å²) in [5, 5.41) is 10.4. The number of halogens is 2. The predicted molar refractivity (Wildman–Crippen MR) is 124 cm³/mol. The zero-order valence-electron chi connectivity index (χ0n) is 17.4. The Morgan fingerprint density at radius 3 is 2.53 bits per heavy atom. The minimum Gasteiger partial charge on any atom is -0.495 e. The number of aliphatic hydroxyl groups excluding tert-OH is 1. The van der Waals surface area contributed by atoms with Crippen molar-refractivity contribution < 1.29 is 19.4 Å². The molecule has 1 aliphatic heterocycles. The number of methoxy groups -OCH3 is 1. The lowest BCUT2D eigenvalue weighted by molar-refractivity contribution is 0.0437. The van der Waals surface area contributed by atoms with Crippen LogP contribution < -0.4 is 9.64 Å². The number of ether oxygens (including phenoxy) is 2. The summed E-state index contributed by atoms with van der Waals surface area (Å²) in [4.78, 5) is 15.5. The van der Waals surface area contributed by atoms with Crippen LogP contribution in [0, 0.1) is 0 Å². The van der Waals surface area contributed by atoms with Crippen LogP contribution in [0.25, 0.3) is 0 Å². The molecule has 166 valence electrons. The van der Waals surface area contributed by atoms with E-state index in [1.165, 1.54) is 0 Å². The molecule has 0 saturated carbocycles. The molecule has 1 unspecified atom stereocenters. The van der Waals surface area contributed by atoms with Gasteiger partial charge in [0.15, 0.2) is 0 Å². The van der Waals surface area contributed by atoms with E-state index in [1.807, 2.05) is 43.2 Å². The Kier molecular flexibility index (Phi) is 11.0. The maximum absolute atomic E-state index is 10.9. The van der Waals surface area contributed by atoms with Gasteiger partial charge in [-0.1, -0.05) is 18.2 Å². The summed E-state index contributed by atoms with van der Waals surface area (Å²) < 4.78 is 11.2. The van der Waals surface area contributed by atoms with Crippen LogP contribution >= 0.6 is 24.8 Å². The molecule has 2 aliphatic rings. The number of nitrogens with zero attached hydrogens (tertiary/aromatic N) is 2. The monoisotopic (exact) mass is 456 g/mol. The summed E-state index contributed by atoms with van der Waals surface area (Å²) in [6.45, 7) is 6.12. The molecule has 8 heteroatoms. The van der Waals surface area contributed by atoms with Crippen molar-refractivity contribution in [2.24, 2.45) is 0 Å². The Morgan fingerprint density at radius 1 is 1.17 bits per heavy atom. The maximum atomic E-state index is 10.9. The third-order valence-corrected chi connectivity index (χ3v) is 5.23. The molecule has 0 aromatic heterocycles. The van der Waals surface area contributed by atoms with E-state index in [-0.39, 0.29) is 31.4 Å². The number of para-hydroxylation sites is 2. The number of benzene rings is 1. The second kappa shape index (κ2) is 12.7. The molecule has 1 N–H and O–H groups in total. The molecule has 1 aromatic rings. The molecular formula is C22H30Cl2N2O4. The Balaban J connectivity index is 0.00000225. The van der Waals surface area contributed by atoms with Crippen LogP contribution in [0.3, 0.4) is 0 Å². The SMILES string of the molecule is COc1ccccc1N1CCN(CC(O)COC2=C(C)C(=C=O)CC=C2)CC1.Cl.Cl. The number of hydrogen-bond acceptors (Lipinski definition) is 6. The zero-order valence-corrected chi connectivity index (χ0v) is 19.0. The molecule has 0 amide bonds. The molecule has 1 aliphatic carbocycles. The van der Waals surface area contributed by atoms with Crippen molar-refractivity contribution in [1.82, 2.24) is 4.90 Å². The van der Waals surface area contributed by atoms with E-state index in [4.69, 9.17) is 9.47 Å². The van der Waals surface area contributed by atoms with Crippen molar-refractivity contribution in [1.29, 1.82) is 0 Å². The van der Waals surface area contributed by atoms with Gasteiger partial charge in [-0.05, 0) is 25.1 Å². The summed E-state index contributed by atoms with van der Waals surface area (Å²) >= 11 is 0. The molecule has 1 fully saturated rings. The van der Waals surface area contributed by atoms with Crippen molar-refractivity contribution >= 4 is 36.4 Å². The molecule has 0 spiro atoms. The number of allylic oxidation sites excluding steroid dienone is 4. The lowest BCUT2D eigenvalue weighted by Crippen LogP contribution is -2.49. The fourth-order valence-corrected chi connectivity index (χ4v) is 3.58. The van der Waals surface area contributed by atoms with Crippen molar-refractivity contribution in [3.63, 3.8) is 0 Å². The minimum absolute atomic E-state index is 0. The molecular weight excluding hydrogens is 427 g/mol. The van der Waals surface area contributed by atoms with Crippen LogP contribution in [0.15, 0.2) is 53.3 Å². The maximum Gasteiger partial charge on any atom is 0.142 e. The first-order valence-electron chi connectivity index (χ1n) is 9.65. The van der Waals surface area contributed by atoms with Crippen molar-refractivity contribution in [2.75, 3.05) is 51.3 Å². The Morgan fingerprint density at radius 2 is 1.87 bits per heavy atom.